The molecule has 15 heteroatoms. The van der Waals surface area contributed by atoms with Crippen molar-refractivity contribution in [1.29, 1.82) is 0 Å². The Morgan fingerprint density at radius 2 is 1.94 bits per heavy atom. The lowest BCUT2D eigenvalue weighted by Crippen LogP contribution is -2.43. The molecule has 0 bridgehead atoms. The van der Waals surface area contributed by atoms with Crippen LogP contribution in [0.25, 0.3) is 11.2 Å². The summed E-state index contributed by atoms with van der Waals surface area (Å²) in [5.74, 6) is -0.744. The van der Waals surface area contributed by atoms with Gasteiger partial charge < -0.3 is 18.9 Å². The Balaban J connectivity index is 1.64. The van der Waals surface area contributed by atoms with E-state index in [2.05, 4.69) is 20.3 Å². The van der Waals surface area contributed by atoms with Gasteiger partial charge in [-0.1, -0.05) is 0 Å². The molecule has 4 atom stereocenters. The first-order valence-electron chi connectivity index (χ1n) is 10.6. The molecule has 4 heterocycles. The Morgan fingerprint density at radius 3 is 2.59 bits per heavy atom. The molecule has 0 spiro atoms. The van der Waals surface area contributed by atoms with Crippen LogP contribution in [-0.2, 0) is 29.2 Å². The predicted molar refractivity (Wildman–Crippen MR) is 119 cm³/mol. The van der Waals surface area contributed by atoms with Crippen LogP contribution in [0.4, 0.5) is 10.6 Å². The van der Waals surface area contributed by atoms with Crippen LogP contribution in [0.3, 0.4) is 0 Å². The first-order chi connectivity index (χ1) is 15.6. The number of anilines is 1. The van der Waals surface area contributed by atoms with E-state index in [-0.39, 0.29) is 12.4 Å². The summed E-state index contributed by atoms with van der Waals surface area (Å²) in [6, 6.07) is 0. The largest absolute Gasteiger partial charge is 0.444 e. The smallest absolute Gasteiger partial charge is 0.413 e. The molecule has 0 radical (unpaired) electrons. The monoisotopic (exact) mass is 499 g/mol. The normalized spacial score (nSPS) is 26.7. The van der Waals surface area contributed by atoms with Crippen molar-refractivity contribution in [2.24, 2.45) is 5.14 Å². The molecule has 3 N–H and O–H groups in total. The maximum Gasteiger partial charge on any atom is 0.413 e. The number of fused-ring (bicyclic) bond motifs is 2. The molecule has 2 aromatic heterocycles. The van der Waals surface area contributed by atoms with Crippen LogP contribution < -0.4 is 10.5 Å². The molecule has 2 aliphatic heterocycles. The van der Waals surface area contributed by atoms with Gasteiger partial charge in [0.25, 0.3) is 10.2 Å². The van der Waals surface area contributed by atoms with Crippen LogP contribution in [0.15, 0.2) is 12.7 Å². The van der Waals surface area contributed by atoms with E-state index in [1.54, 1.807) is 39.2 Å². The number of aromatic nitrogens is 4. The highest BCUT2D eigenvalue weighted by Crippen LogP contribution is 2.44. The minimum atomic E-state index is -3.92. The summed E-state index contributed by atoms with van der Waals surface area (Å²) in [7, 11) is -2.56. The molecule has 2 aliphatic rings. The topological polar surface area (TPSA) is 173 Å². The summed E-state index contributed by atoms with van der Waals surface area (Å²) < 4.78 is 49.6. The van der Waals surface area contributed by atoms with Gasteiger partial charge in [-0.2, -0.15) is 12.7 Å². The minimum absolute atomic E-state index is 0.0387. The van der Waals surface area contributed by atoms with Crippen LogP contribution >= 0.6 is 0 Å². The third-order valence-corrected chi connectivity index (χ3v) is 6.27. The molecular weight excluding hydrogens is 470 g/mol. The van der Waals surface area contributed by atoms with Crippen molar-refractivity contribution in [3.05, 3.63) is 12.7 Å². The van der Waals surface area contributed by atoms with Crippen LogP contribution in [0.2, 0.25) is 0 Å². The zero-order chi connectivity index (χ0) is 25.1. The van der Waals surface area contributed by atoms with Crippen LogP contribution in [0, 0.1) is 0 Å². The molecule has 2 fully saturated rings. The number of nitrogens with zero attached hydrogens (tertiary/aromatic N) is 5. The number of ether oxygens (including phenoxy) is 4. The zero-order valence-electron chi connectivity index (χ0n) is 19.8. The average Bonchev–Trinajstić information content (AvgIpc) is 3.31. The number of carbonyl (C=O) groups is 1. The molecule has 0 unspecified atom stereocenters. The highest BCUT2D eigenvalue weighted by molar-refractivity contribution is 7.86. The quantitative estimate of drug-likeness (QED) is 0.597. The van der Waals surface area contributed by atoms with Gasteiger partial charge in [0, 0.05) is 13.6 Å². The fourth-order valence-corrected chi connectivity index (χ4v) is 4.27. The third-order valence-electron chi connectivity index (χ3n) is 5.25. The lowest BCUT2D eigenvalue weighted by Gasteiger charge is -2.26. The average molecular weight is 500 g/mol. The Labute approximate surface area is 196 Å². The van der Waals surface area contributed by atoms with Crippen LogP contribution in [0.5, 0.6) is 0 Å². The van der Waals surface area contributed by atoms with Crippen molar-refractivity contribution in [2.75, 3.05) is 18.9 Å². The van der Waals surface area contributed by atoms with E-state index in [0.717, 1.165) is 4.31 Å². The van der Waals surface area contributed by atoms with E-state index >= 15 is 0 Å². The third kappa shape index (κ3) is 4.99. The van der Waals surface area contributed by atoms with Gasteiger partial charge in [0.15, 0.2) is 29.0 Å². The second-order valence-electron chi connectivity index (χ2n) is 9.63. The van der Waals surface area contributed by atoms with E-state index in [0.29, 0.717) is 11.2 Å². The Bertz CT molecular complexity index is 1190. The van der Waals surface area contributed by atoms with E-state index in [1.165, 1.54) is 19.7 Å². The first kappa shape index (κ1) is 24.7. The summed E-state index contributed by atoms with van der Waals surface area (Å²) in [5.41, 5.74) is 0.00372. The molecule has 14 nitrogen and oxygen atoms in total. The van der Waals surface area contributed by atoms with Gasteiger partial charge in [-0.05, 0) is 34.6 Å². The highest BCUT2D eigenvalue weighted by Gasteiger charge is 2.56. The first-order valence-corrected chi connectivity index (χ1v) is 12.1. The van der Waals surface area contributed by atoms with Crippen molar-refractivity contribution >= 4 is 33.3 Å². The number of rotatable bonds is 5. The maximum atomic E-state index is 12.2. The van der Waals surface area contributed by atoms with Gasteiger partial charge in [-0.3, -0.25) is 9.88 Å². The van der Waals surface area contributed by atoms with Crippen molar-refractivity contribution < 1.29 is 32.2 Å². The summed E-state index contributed by atoms with van der Waals surface area (Å²) in [4.78, 5) is 25.0. The van der Waals surface area contributed by atoms with Crippen molar-refractivity contribution in [2.45, 2.75) is 70.5 Å². The Kier molecular flexibility index (Phi) is 6.06. The molecular formula is C19H29N7O7S. The molecule has 34 heavy (non-hydrogen) atoms. The van der Waals surface area contributed by atoms with Gasteiger partial charge in [-0.25, -0.2) is 24.9 Å². The van der Waals surface area contributed by atoms with Gasteiger partial charge in [0.2, 0.25) is 0 Å². The predicted octanol–water partition coefficient (Wildman–Crippen LogP) is 0.726. The molecule has 4 rings (SSSR count). The standard InChI is InChI=1S/C19H29N7O7S/c1-18(2,3)33-17(27)24-14-11-15(22-8-21-14)26(9-23-11)16-13-12(31-19(4,5)32-13)10(30-16)7-25(6)34(20,28)29/h8-10,12-13,16H,7H2,1-6H3,(H2,20,28,29)(H,21,22,24,27)/t10-,12-,13-,16-/m1/s1. The van der Waals surface area contributed by atoms with Crippen molar-refractivity contribution in [3.8, 4) is 0 Å². The van der Waals surface area contributed by atoms with E-state index in [9.17, 15) is 13.2 Å². The number of carbonyl (C=O) groups excluding carboxylic acids is 1. The fraction of sp³-hybridized carbons (Fsp3) is 0.684. The molecule has 2 saturated heterocycles. The minimum Gasteiger partial charge on any atom is -0.444 e. The van der Waals surface area contributed by atoms with Crippen LogP contribution in [-0.4, -0.2) is 81.6 Å². The van der Waals surface area contributed by atoms with Gasteiger partial charge in [0.05, 0.1) is 6.33 Å². The summed E-state index contributed by atoms with van der Waals surface area (Å²) in [6.07, 6.45) is -0.464. The summed E-state index contributed by atoms with van der Waals surface area (Å²) >= 11 is 0. The number of amides is 1. The SMILES string of the molecule is CN(C[C@H]1O[C@@H](n2cnc3c(NC(=O)OC(C)(C)C)ncnc32)[C@@H]2OC(C)(C)O[C@@H]21)S(N)(=O)=O. The van der Waals surface area contributed by atoms with Gasteiger partial charge in [-0.15, -0.1) is 0 Å². The Hall–Kier alpha value is -2.43. The van der Waals surface area contributed by atoms with Crippen molar-refractivity contribution in [3.63, 3.8) is 0 Å². The number of nitrogens with two attached hydrogens (primary N) is 1. The molecule has 188 valence electrons. The zero-order valence-corrected chi connectivity index (χ0v) is 20.6. The van der Waals surface area contributed by atoms with E-state index in [1.807, 2.05) is 0 Å². The number of imidazole rings is 1. The summed E-state index contributed by atoms with van der Waals surface area (Å²) in [5, 5.41) is 7.82. The van der Waals surface area contributed by atoms with E-state index < -0.39 is 52.2 Å². The second-order valence-corrected chi connectivity index (χ2v) is 11.3. The lowest BCUT2D eigenvalue weighted by atomic mass is 10.1. The van der Waals surface area contributed by atoms with Crippen molar-refractivity contribution in [1.82, 2.24) is 23.8 Å². The summed E-state index contributed by atoms with van der Waals surface area (Å²) in [6.45, 7) is 8.74. The highest BCUT2D eigenvalue weighted by atomic mass is 32.2. The number of nitrogens with one attached hydrogen (secondary N) is 1. The molecule has 0 aliphatic carbocycles. The molecule has 0 aromatic carbocycles. The molecule has 0 saturated carbocycles. The van der Waals surface area contributed by atoms with Gasteiger partial charge >= 0.3 is 6.09 Å². The fourth-order valence-electron chi connectivity index (χ4n) is 3.92. The number of hydrogen-bond donors (Lipinski definition) is 2. The molecule has 1 amide bonds. The molecule has 2 aromatic rings. The lowest BCUT2D eigenvalue weighted by molar-refractivity contribution is -0.196. The van der Waals surface area contributed by atoms with Crippen LogP contribution in [0.1, 0.15) is 40.8 Å². The Morgan fingerprint density at radius 1 is 1.26 bits per heavy atom. The van der Waals surface area contributed by atoms with E-state index in [4.69, 9.17) is 24.1 Å². The van der Waals surface area contributed by atoms with Gasteiger partial charge in [0.1, 0.15) is 30.2 Å². The number of hydrogen-bond acceptors (Lipinski definition) is 10. The number of likely N-dealkylation sites (N-methyl/N-ethyl adjacent to an activating group) is 1. The maximum absolute atomic E-state index is 12.2. The second kappa shape index (κ2) is 8.35.